The highest BCUT2D eigenvalue weighted by molar-refractivity contribution is 7.91. The SMILES string of the molecule is Cc1ccc(CN(CC(=O)N[C@@H]2CCS(=O)(=O)C2)C(C)C)o1. The molecule has 1 aromatic heterocycles. The van der Waals surface area contributed by atoms with Crippen molar-refractivity contribution in [3.8, 4) is 0 Å². The van der Waals surface area contributed by atoms with E-state index in [1.165, 1.54) is 0 Å². The number of carbonyl (C=O) groups is 1. The Kier molecular flexibility index (Phi) is 5.28. The first-order chi connectivity index (χ1) is 10.2. The molecule has 0 saturated carbocycles. The number of nitrogens with one attached hydrogen (secondary N) is 1. The summed E-state index contributed by atoms with van der Waals surface area (Å²) in [6.07, 6.45) is 0.507. The maximum Gasteiger partial charge on any atom is 0.234 e. The van der Waals surface area contributed by atoms with Gasteiger partial charge in [-0.2, -0.15) is 0 Å². The number of carbonyl (C=O) groups excluding carboxylic acids is 1. The van der Waals surface area contributed by atoms with Crippen LogP contribution in [-0.4, -0.2) is 49.4 Å². The molecule has 0 unspecified atom stereocenters. The molecular weight excluding hydrogens is 304 g/mol. The van der Waals surface area contributed by atoms with E-state index in [0.29, 0.717) is 13.0 Å². The van der Waals surface area contributed by atoms with Gasteiger partial charge in [-0.15, -0.1) is 0 Å². The minimum atomic E-state index is -2.98. The smallest absolute Gasteiger partial charge is 0.234 e. The van der Waals surface area contributed by atoms with Crippen LogP contribution in [0.25, 0.3) is 0 Å². The van der Waals surface area contributed by atoms with Crippen LogP contribution >= 0.6 is 0 Å². The Balaban J connectivity index is 1.89. The van der Waals surface area contributed by atoms with Gasteiger partial charge in [-0.25, -0.2) is 8.42 Å². The van der Waals surface area contributed by atoms with Gasteiger partial charge in [0.1, 0.15) is 11.5 Å². The van der Waals surface area contributed by atoms with Crippen molar-refractivity contribution in [2.45, 2.75) is 45.8 Å². The molecule has 2 rings (SSSR count). The molecular formula is C15H24N2O4S. The third-order valence-electron chi connectivity index (χ3n) is 3.83. The Labute approximate surface area is 131 Å². The van der Waals surface area contributed by atoms with Crippen molar-refractivity contribution >= 4 is 15.7 Å². The van der Waals surface area contributed by atoms with Crippen LogP contribution in [0.1, 0.15) is 31.8 Å². The van der Waals surface area contributed by atoms with Crippen molar-refractivity contribution in [2.24, 2.45) is 0 Å². The summed E-state index contributed by atoms with van der Waals surface area (Å²) < 4.78 is 28.4. The molecule has 0 aliphatic carbocycles. The number of hydrogen-bond acceptors (Lipinski definition) is 5. The summed E-state index contributed by atoms with van der Waals surface area (Å²) in [6, 6.07) is 3.74. The van der Waals surface area contributed by atoms with Gasteiger partial charge < -0.3 is 9.73 Å². The fourth-order valence-corrected chi connectivity index (χ4v) is 4.23. The molecule has 0 spiro atoms. The van der Waals surface area contributed by atoms with E-state index >= 15 is 0 Å². The van der Waals surface area contributed by atoms with Gasteiger partial charge in [-0.1, -0.05) is 0 Å². The zero-order valence-electron chi connectivity index (χ0n) is 13.3. The third kappa shape index (κ3) is 4.84. The molecule has 0 bridgehead atoms. The third-order valence-corrected chi connectivity index (χ3v) is 5.60. The van der Waals surface area contributed by atoms with E-state index in [4.69, 9.17) is 4.42 Å². The Morgan fingerprint density at radius 1 is 1.45 bits per heavy atom. The van der Waals surface area contributed by atoms with Gasteiger partial charge in [-0.3, -0.25) is 9.69 Å². The largest absolute Gasteiger partial charge is 0.465 e. The Hall–Kier alpha value is -1.34. The molecule has 1 N–H and O–H groups in total. The Morgan fingerprint density at radius 2 is 2.18 bits per heavy atom. The molecule has 1 amide bonds. The van der Waals surface area contributed by atoms with Gasteiger partial charge in [0, 0.05) is 12.1 Å². The van der Waals surface area contributed by atoms with Crippen LogP contribution in [0, 0.1) is 6.92 Å². The first kappa shape index (κ1) is 17.0. The van der Waals surface area contributed by atoms with Gasteiger partial charge in [0.2, 0.25) is 5.91 Å². The molecule has 7 heteroatoms. The lowest BCUT2D eigenvalue weighted by Crippen LogP contribution is -2.44. The molecule has 0 radical (unpaired) electrons. The van der Waals surface area contributed by atoms with Crippen LogP contribution in [0.15, 0.2) is 16.5 Å². The molecule has 22 heavy (non-hydrogen) atoms. The topological polar surface area (TPSA) is 79.6 Å². The molecule has 1 saturated heterocycles. The minimum absolute atomic E-state index is 0.0534. The summed E-state index contributed by atoms with van der Waals surface area (Å²) in [5.74, 6) is 1.75. The number of nitrogens with zero attached hydrogens (tertiary/aromatic N) is 1. The average Bonchev–Trinajstić information content (AvgIpc) is 2.94. The molecule has 1 atom stereocenters. The van der Waals surface area contributed by atoms with Gasteiger partial charge in [0.15, 0.2) is 9.84 Å². The quantitative estimate of drug-likeness (QED) is 0.846. The Bertz CT molecular complexity index is 621. The van der Waals surface area contributed by atoms with Crippen molar-refractivity contribution in [3.05, 3.63) is 23.7 Å². The highest BCUT2D eigenvalue weighted by Crippen LogP contribution is 2.13. The predicted octanol–water partition coefficient (Wildman–Crippen LogP) is 1.10. The van der Waals surface area contributed by atoms with E-state index in [-0.39, 0.29) is 36.0 Å². The van der Waals surface area contributed by atoms with Crippen molar-refractivity contribution < 1.29 is 17.6 Å². The van der Waals surface area contributed by atoms with E-state index in [9.17, 15) is 13.2 Å². The molecule has 0 aromatic carbocycles. The first-order valence-electron chi connectivity index (χ1n) is 7.54. The predicted molar refractivity (Wildman–Crippen MR) is 84.2 cm³/mol. The highest BCUT2D eigenvalue weighted by Gasteiger charge is 2.29. The summed E-state index contributed by atoms with van der Waals surface area (Å²) >= 11 is 0. The lowest BCUT2D eigenvalue weighted by Gasteiger charge is -2.25. The van der Waals surface area contributed by atoms with E-state index in [1.54, 1.807) is 0 Å². The van der Waals surface area contributed by atoms with Crippen molar-refractivity contribution in [3.63, 3.8) is 0 Å². The summed E-state index contributed by atoms with van der Waals surface area (Å²) in [6.45, 7) is 6.71. The van der Waals surface area contributed by atoms with Crippen LogP contribution in [0.3, 0.4) is 0 Å². The monoisotopic (exact) mass is 328 g/mol. The van der Waals surface area contributed by atoms with Crippen LogP contribution in [-0.2, 0) is 21.2 Å². The number of furan rings is 1. The van der Waals surface area contributed by atoms with E-state index < -0.39 is 9.84 Å². The average molecular weight is 328 g/mol. The molecule has 1 aliphatic heterocycles. The maximum absolute atomic E-state index is 12.1. The molecule has 1 aliphatic rings. The fourth-order valence-electron chi connectivity index (χ4n) is 2.56. The minimum Gasteiger partial charge on any atom is -0.465 e. The Morgan fingerprint density at radius 3 is 2.68 bits per heavy atom. The second kappa shape index (κ2) is 6.83. The number of rotatable bonds is 6. The van der Waals surface area contributed by atoms with Gasteiger partial charge >= 0.3 is 0 Å². The number of hydrogen-bond donors (Lipinski definition) is 1. The summed E-state index contributed by atoms with van der Waals surface area (Å²) in [5.41, 5.74) is 0. The zero-order chi connectivity index (χ0) is 16.3. The second-order valence-corrected chi connectivity index (χ2v) is 8.41. The number of aryl methyl sites for hydroxylation is 1. The van der Waals surface area contributed by atoms with Crippen LogP contribution in [0.4, 0.5) is 0 Å². The lowest BCUT2D eigenvalue weighted by molar-refractivity contribution is -0.123. The summed E-state index contributed by atoms with van der Waals surface area (Å²) in [7, 11) is -2.98. The standard InChI is InChI=1S/C15H24N2O4S/c1-11(2)17(8-14-5-4-12(3)21-14)9-15(18)16-13-6-7-22(19,20)10-13/h4-5,11,13H,6-10H2,1-3H3,(H,16,18)/t13-/m1/s1. The molecule has 1 fully saturated rings. The first-order valence-corrected chi connectivity index (χ1v) is 9.36. The maximum atomic E-state index is 12.1. The summed E-state index contributed by atoms with van der Waals surface area (Å²) in [4.78, 5) is 14.1. The number of sulfone groups is 1. The number of amides is 1. The van der Waals surface area contributed by atoms with Crippen molar-refractivity contribution in [1.29, 1.82) is 0 Å². The molecule has 1 aromatic rings. The van der Waals surface area contributed by atoms with E-state index in [0.717, 1.165) is 11.5 Å². The molecule has 124 valence electrons. The van der Waals surface area contributed by atoms with Crippen LogP contribution in [0.2, 0.25) is 0 Å². The zero-order valence-corrected chi connectivity index (χ0v) is 14.1. The van der Waals surface area contributed by atoms with Crippen molar-refractivity contribution in [2.75, 3.05) is 18.1 Å². The molecule has 6 nitrogen and oxygen atoms in total. The van der Waals surface area contributed by atoms with Gasteiger partial charge in [-0.05, 0) is 39.3 Å². The molecule has 2 heterocycles. The van der Waals surface area contributed by atoms with E-state index in [1.807, 2.05) is 37.8 Å². The van der Waals surface area contributed by atoms with Gasteiger partial charge in [0.25, 0.3) is 0 Å². The second-order valence-electron chi connectivity index (χ2n) is 6.18. The lowest BCUT2D eigenvalue weighted by atomic mass is 10.2. The van der Waals surface area contributed by atoms with Crippen LogP contribution < -0.4 is 5.32 Å². The highest BCUT2D eigenvalue weighted by atomic mass is 32.2. The van der Waals surface area contributed by atoms with Crippen LogP contribution in [0.5, 0.6) is 0 Å². The van der Waals surface area contributed by atoms with Gasteiger partial charge in [0.05, 0.1) is 24.6 Å². The van der Waals surface area contributed by atoms with Crippen molar-refractivity contribution in [1.82, 2.24) is 10.2 Å². The van der Waals surface area contributed by atoms with E-state index in [2.05, 4.69) is 5.32 Å². The summed E-state index contributed by atoms with van der Waals surface area (Å²) in [5, 5.41) is 2.82. The normalized spacial score (nSPS) is 20.7. The fraction of sp³-hybridized carbons (Fsp3) is 0.667.